The van der Waals surface area contributed by atoms with Gasteiger partial charge in [-0.3, -0.25) is 14.4 Å². The third-order valence-electron chi connectivity index (χ3n) is 11.5. The molecule has 0 aromatic rings. The largest absolute Gasteiger partial charge is 0.462 e. The Balaban J connectivity index is 4.49. The summed E-state index contributed by atoms with van der Waals surface area (Å²) >= 11 is 0. The van der Waals surface area contributed by atoms with Crippen LogP contribution in [-0.4, -0.2) is 37.2 Å². The van der Waals surface area contributed by atoms with Crippen LogP contribution in [0, 0.1) is 0 Å². The van der Waals surface area contributed by atoms with E-state index in [1.165, 1.54) is 116 Å². The zero-order valence-electron chi connectivity index (χ0n) is 43.6. The van der Waals surface area contributed by atoms with E-state index in [2.05, 4.69) is 118 Å². The van der Waals surface area contributed by atoms with Crippen LogP contribution < -0.4 is 0 Å². The summed E-state index contributed by atoms with van der Waals surface area (Å²) in [5.41, 5.74) is 0. The monoisotopic (exact) mass is 931 g/mol. The van der Waals surface area contributed by atoms with Gasteiger partial charge < -0.3 is 14.2 Å². The molecule has 0 radical (unpaired) electrons. The molecule has 0 aliphatic carbocycles. The second-order valence-corrected chi connectivity index (χ2v) is 18.1. The van der Waals surface area contributed by atoms with Crippen LogP contribution in [0.5, 0.6) is 0 Å². The summed E-state index contributed by atoms with van der Waals surface area (Å²) in [6, 6.07) is 0. The van der Waals surface area contributed by atoms with E-state index in [0.717, 1.165) is 96.3 Å². The Hall–Kier alpha value is -3.67. The lowest BCUT2D eigenvalue weighted by Crippen LogP contribution is -2.30. The van der Waals surface area contributed by atoms with Crippen LogP contribution in [0.25, 0.3) is 0 Å². The van der Waals surface area contributed by atoms with Gasteiger partial charge in [-0.05, 0) is 122 Å². The minimum Gasteiger partial charge on any atom is -0.462 e. The van der Waals surface area contributed by atoms with Gasteiger partial charge in [0.1, 0.15) is 13.2 Å². The van der Waals surface area contributed by atoms with E-state index in [4.69, 9.17) is 14.2 Å². The molecule has 0 N–H and O–H groups in total. The summed E-state index contributed by atoms with van der Waals surface area (Å²) in [7, 11) is 0. The lowest BCUT2D eigenvalue weighted by atomic mass is 10.1. The molecule has 0 aliphatic rings. The molecule has 67 heavy (non-hydrogen) atoms. The molecule has 0 unspecified atom stereocenters. The number of hydrogen-bond acceptors (Lipinski definition) is 6. The highest BCUT2D eigenvalue weighted by Crippen LogP contribution is 2.14. The third kappa shape index (κ3) is 53.2. The summed E-state index contributed by atoms with van der Waals surface area (Å²) in [6.45, 7) is 6.42. The second-order valence-electron chi connectivity index (χ2n) is 18.1. The predicted octanol–water partition coefficient (Wildman–Crippen LogP) is 18.5. The Morgan fingerprint density at radius 1 is 0.313 bits per heavy atom. The van der Waals surface area contributed by atoms with E-state index in [1.807, 2.05) is 0 Å². The van der Waals surface area contributed by atoms with E-state index in [9.17, 15) is 14.4 Å². The van der Waals surface area contributed by atoms with Crippen molar-refractivity contribution >= 4 is 17.9 Å². The number of hydrogen-bond donors (Lipinski definition) is 0. The van der Waals surface area contributed by atoms with Crippen molar-refractivity contribution in [3.63, 3.8) is 0 Å². The fourth-order valence-corrected chi connectivity index (χ4v) is 7.37. The standard InChI is InChI=1S/C61H102O6/c1-4-7-10-13-16-19-22-25-28-29-30-31-34-37-40-43-46-49-52-55-61(64)67-58(56-65-59(62)53-50-47-44-41-38-35-32-26-23-20-17-14-11-8-5-2)57-66-60(63)54-51-48-45-42-39-36-33-27-24-21-18-15-12-9-6-3/h8,11,17-18,20-21,25-28,32-33,38-39,41-42,58H,4-7,9-10,12-16,19,22-24,29-31,34-37,40,43-57H2,1-3H3/b11-8-,20-17-,21-18-,28-25-,32-26-,33-27-,41-38-,42-39-/t58-/m1/s1. The fourth-order valence-electron chi connectivity index (χ4n) is 7.37. The molecule has 0 bridgehead atoms. The van der Waals surface area contributed by atoms with Crippen molar-refractivity contribution in [2.24, 2.45) is 0 Å². The molecule has 0 amide bonds. The maximum Gasteiger partial charge on any atom is 0.306 e. The van der Waals surface area contributed by atoms with Gasteiger partial charge in [0.05, 0.1) is 0 Å². The predicted molar refractivity (Wildman–Crippen MR) is 288 cm³/mol. The lowest BCUT2D eigenvalue weighted by molar-refractivity contribution is -0.167. The Kier molecular flexibility index (Phi) is 51.9. The van der Waals surface area contributed by atoms with Crippen molar-refractivity contribution < 1.29 is 28.6 Å². The van der Waals surface area contributed by atoms with E-state index < -0.39 is 6.10 Å². The van der Waals surface area contributed by atoms with Crippen LogP contribution in [0.1, 0.15) is 252 Å². The number of allylic oxidation sites excluding steroid dienone is 16. The summed E-state index contributed by atoms with van der Waals surface area (Å²) in [5, 5.41) is 0. The van der Waals surface area contributed by atoms with Gasteiger partial charge >= 0.3 is 17.9 Å². The maximum atomic E-state index is 12.8. The number of unbranched alkanes of at least 4 members (excludes halogenated alkanes) is 22. The molecule has 6 nitrogen and oxygen atoms in total. The van der Waals surface area contributed by atoms with Crippen LogP contribution in [0.15, 0.2) is 97.2 Å². The maximum absolute atomic E-state index is 12.8. The molecule has 6 heteroatoms. The average molecular weight is 931 g/mol. The molecular weight excluding hydrogens is 829 g/mol. The lowest BCUT2D eigenvalue weighted by Gasteiger charge is -2.18. The highest BCUT2D eigenvalue weighted by atomic mass is 16.6. The molecule has 0 aromatic heterocycles. The zero-order chi connectivity index (χ0) is 48.6. The van der Waals surface area contributed by atoms with E-state index in [-0.39, 0.29) is 31.1 Å². The van der Waals surface area contributed by atoms with Crippen LogP contribution in [0.3, 0.4) is 0 Å². The molecule has 0 fully saturated rings. The fraction of sp³-hybridized carbons (Fsp3) is 0.689. The van der Waals surface area contributed by atoms with E-state index in [1.54, 1.807) is 0 Å². The van der Waals surface area contributed by atoms with Gasteiger partial charge in [-0.2, -0.15) is 0 Å². The quantitative estimate of drug-likeness (QED) is 0.0262. The smallest absolute Gasteiger partial charge is 0.306 e. The first-order chi connectivity index (χ1) is 33.0. The Morgan fingerprint density at radius 3 is 0.985 bits per heavy atom. The highest BCUT2D eigenvalue weighted by Gasteiger charge is 2.19. The van der Waals surface area contributed by atoms with Gasteiger partial charge in [0, 0.05) is 19.3 Å². The minimum atomic E-state index is -0.812. The summed E-state index contributed by atoms with van der Waals surface area (Å²) in [5.74, 6) is -0.989. The molecule has 1 atom stereocenters. The highest BCUT2D eigenvalue weighted by molar-refractivity contribution is 5.71. The molecule has 0 rings (SSSR count). The number of carbonyl (C=O) groups is 3. The van der Waals surface area contributed by atoms with Gasteiger partial charge in [-0.25, -0.2) is 0 Å². The van der Waals surface area contributed by atoms with Gasteiger partial charge in [0.2, 0.25) is 0 Å². The van der Waals surface area contributed by atoms with Crippen LogP contribution >= 0.6 is 0 Å². The Bertz CT molecular complexity index is 1350. The van der Waals surface area contributed by atoms with Gasteiger partial charge in [0.15, 0.2) is 6.10 Å². The Labute approximate surface area is 413 Å². The summed E-state index contributed by atoms with van der Waals surface area (Å²) < 4.78 is 16.8. The molecule has 0 heterocycles. The molecule has 382 valence electrons. The third-order valence-corrected chi connectivity index (χ3v) is 11.5. The topological polar surface area (TPSA) is 78.9 Å². The SMILES string of the molecule is CC/C=C\C/C=C\C/C=C\C/C=C\CCCCC(=O)OC[C@H](COC(=O)CCCC/C=C\C/C=C\C/C=C\CCCCC)OC(=O)CCCCCCCCCCC/C=C\CCCCCCCC. The van der Waals surface area contributed by atoms with Gasteiger partial charge in [-0.15, -0.1) is 0 Å². The first kappa shape index (κ1) is 63.3. The minimum absolute atomic E-state index is 0.112. The van der Waals surface area contributed by atoms with Crippen LogP contribution in [-0.2, 0) is 28.6 Å². The molecular formula is C61H102O6. The molecule has 0 saturated carbocycles. The van der Waals surface area contributed by atoms with Gasteiger partial charge in [-0.1, -0.05) is 208 Å². The van der Waals surface area contributed by atoms with Crippen molar-refractivity contribution in [1.82, 2.24) is 0 Å². The van der Waals surface area contributed by atoms with E-state index >= 15 is 0 Å². The first-order valence-corrected chi connectivity index (χ1v) is 27.7. The van der Waals surface area contributed by atoms with Crippen molar-refractivity contribution in [3.05, 3.63) is 97.2 Å². The van der Waals surface area contributed by atoms with Gasteiger partial charge in [0.25, 0.3) is 0 Å². The number of rotatable bonds is 49. The van der Waals surface area contributed by atoms with Crippen LogP contribution in [0.2, 0.25) is 0 Å². The van der Waals surface area contributed by atoms with E-state index in [0.29, 0.717) is 19.3 Å². The number of carbonyl (C=O) groups excluding carboxylic acids is 3. The molecule has 0 aromatic carbocycles. The van der Waals surface area contributed by atoms with Crippen molar-refractivity contribution in [2.75, 3.05) is 13.2 Å². The number of ether oxygens (including phenoxy) is 3. The zero-order valence-corrected chi connectivity index (χ0v) is 43.6. The summed E-state index contributed by atoms with van der Waals surface area (Å²) in [4.78, 5) is 38.1. The van der Waals surface area contributed by atoms with Crippen molar-refractivity contribution in [1.29, 1.82) is 0 Å². The molecule has 0 saturated heterocycles. The summed E-state index contributed by atoms with van der Waals surface area (Å²) in [6.07, 6.45) is 72.6. The molecule has 0 aliphatic heterocycles. The van der Waals surface area contributed by atoms with Crippen molar-refractivity contribution in [3.8, 4) is 0 Å². The molecule has 0 spiro atoms. The first-order valence-electron chi connectivity index (χ1n) is 27.7. The number of esters is 3. The Morgan fingerprint density at radius 2 is 0.582 bits per heavy atom. The van der Waals surface area contributed by atoms with Crippen molar-refractivity contribution in [2.45, 2.75) is 258 Å². The van der Waals surface area contributed by atoms with Crippen LogP contribution in [0.4, 0.5) is 0 Å². The average Bonchev–Trinajstić information content (AvgIpc) is 3.33. The normalized spacial score (nSPS) is 12.8. The second kappa shape index (κ2) is 54.9.